The number of furan rings is 1. The number of para-hydroxylation sites is 1. The number of hydrogen-bond acceptors (Lipinski definition) is 4. The summed E-state index contributed by atoms with van der Waals surface area (Å²) in [6, 6.07) is 17.9. The quantitative estimate of drug-likeness (QED) is 0.454. The highest BCUT2D eigenvalue weighted by Gasteiger charge is 2.22. The van der Waals surface area contributed by atoms with E-state index in [0.29, 0.717) is 11.3 Å². The van der Waals surface area contributed by atoms with Crippen LogP contribution in [0.4, 0.5) is 0 Å². The highest BCUT2D eigenvalue weighted by Crippen LogP contribution is 2.25. The molecule has 2 aromatic heterocycles. The SMILES string of the molecule is CC(=O)c1cc(C(=O)c2cc3cc(Br)ccc3o2)n(-c2ccccc2)n1. The monoisotopic (exact) mass is 408 g/mol. The maximum atomic E-state index is 13.1. The van der Waals surface area contributed by atoms with Gasteiger partial charge in [0.05, 0.1) is 5.69 Å². The van der Waals surface area contributed by atoms with Crippen molar-refractivity contribution in [3.8, 4) is 5.69 Å². The van der Waals surface area contributed by atoms with Crippen molar-refractivity contribution in [2.75, 3.05) is 0 Å². The van der Waals surface area contributed by atoms with Gasteiger partial charge in [-0.25, -0.2) is 4.68 Å². The molecule has 0 aliphatic carbocycles. The lowest BCUT2D eigenvalue weighted by Crippen LogP contribution is -2.09. The minimum absolute atomic E-state index is 0.199. The first-order valence-corrected chi connectivity index (χ1v) is 8.72. The van der Waals surface area contributed by atoms with Gasteiger partial charge < -0.3 is 4.42 Å². The zero-order valence-electron chi connectivity index (χ0n) is 13.8. The van der Waals surface area contributed by atoms with E-state index < -0.39 is 0 Å². The topological polar surface area (TPSA) is 65.1 Å². The van der Waals surface area contributed by atoms with E-state index >= 15 is 0 Å². The zero-order valence-corrected chi connectivity index (χ0v) is 15.4. The van der Waals surface area contributed by atoms with Crippen molar-refractivity contribution < 1.29 is 14.0 Å². The minimum atomic E-state index is -0.332. The van der Waals surface area contributed by atoms with Crippen molar-refractivity contribution in [3.63, 3.8) is 0 Å². The van der Waals surface area contributed by atoms with E-state index in [-0.39, 0.29) is 28.7 Å². The first kappa shape index (κ1) is 16.5. The minimum Gasteiger partial charge on any atom is -0.453 e. The lowest BCUT2D eigenvalue weighted by molar-refractivity contribution is 0.0999. The van der Waals surface area contributed by atoms with Crippen LogP contribution < -0.4 is 0 Å². The Bertz CT molecular complexity index is 1140. The second-order valence-electron chi connectivity index (χ2n) is 5.84. The van der Waals surface area contributed by atoms with E-state index in [1.807, 2.05) is 42.5 Å². The molecular weight excluding hydrogens is 396 g/mol. The number of benzene rings is 2. The molecule has 0 radical (unpaired) electrons. The van der Waals surface area contributed by atoms with Crippen LogP contribution in [0.15, 0.2) is 69.6 Å². The summed E-state index contributed by atoms with van der Waals surface area (Å²) >= 11 is 3.41. The van der Waals surface area contributed by atoms with Crippen LogP contribution in [0, 0.1) is 0 Å². The third-order valence-corrected chi connectivity index (χ3v) is 4.50. The first-order chi connectivity index (χ1) is 12.5. The van der Waals surface area contributed by atoms with Gasteiger partial charge in [-0.15, -0.1) is 0 Å². The summed E-state index contributed by atoms with van der Waals surface area (Å²) in [7, 11) is 0. The molecule has 2 aromatic carbocycles. The lowest BCUT2D eigenvalue weighted by Gasteiger charge is -2.05. The third kappa shape index (κ3) is 2.88. The van der Waals surface area contributed by atoms with Crippen molar-refractivity contribution >= 4 is 38.5 Å². The number of hydrogen-bond donors (Lipinski definition) is 0. The van der Waals surface area contributed by atoms with Gasteiger partial charge in [-0.05, 0) is 42.5 Å². The molecule has 0 amide bonds. The predicted molar refractivity (Wildman–Crippen MR) is 101 cm³/mol. The van der Waals surface area contributed by atoms with Crippen molar-refractivity contribution in [3.05, 3.63) is 82.3 Å². The summed E-state index contributed by atoms with van der Waals surface area (Å²) in [5, 5.41) is 5.11. The van der Waals surface area contributed by atoms with Gasteiger partial charge in [-0.1, -0.05) is 34.1 Å². The molecule has 6 heteroatoms. The summed E-state index contributed by atoms with van der Waals surface area (Å²) in [6.07, 6.45) is 0. The van der Waals surface area contributed by atoms with Crippen LogP contribution in [0.25, 0.3) is 16.7 Å². The first-order valence-electron chi connectivity index (χ1n) is 7.93. The summed E-state index contributed by atoms with van der Waals surface area (Å²) in [5.41, 5.74) is 1.83. The molecule has 4 aromatic rings. The summed E-state index contributed by atoms with van der Waals surface area (Å²) in [4.78, 5) is 24.8. The van der Waals surface area contributed by atoms with Crippen molar-refractivity contribution in [2.45, 2.75) is 6.92 Å². The smallest absolute Gasteiger partial charge is 0.246 e. The Kier molecular flexibility index (Phi) is 4.05. The van der Waals surface area contributed by atoms with Crippen LogP contribution in [-0.4, -0.2) is 21.3 Å². The Morgan fingerprint density at radius 3 is 2.54 bits per heavy atom. The number of nitrogens with zero attached hydrogens (tertiary/aromatic N) is 2. The van der Waals surface area contributed by atoms with Gasteiger partial charge in [0, 0.05) is 16.8 Å². The van der Waals surface area contributed by atoms with Gasteiger partial charge >= 0.3 is 0 Å². The largest absolute Gasteiger partial charge is 0.453 e. The maximum Gasteiger partial charge on any atom is 0.246 e. The van der Waals surface area contributed by atoms with E-state index in [4.69, 9.17) is 4.42 Å². The number of carbonyl (C=O) groups excluding carboxylic acids is 2. The van der Waals surface area contributed by atoms with Gasteiger partial charge in [-0.3, -0.25) is 9.59 Å². The Morgan fingerprint density at radius 1 is 1.04 bits per heavy atom. The number of carbonyl (C=O) groups is 2. The number of aromatic nitrogens is 2. The van der Waals surface area contributed by atoms with Gasteiger partial charge in [0.2, 0.25) is 5.78 Å². The zero-order chi connectivity index (χ0) is 18.3. The average molecular weight is 409 g/mol. The molecule has 0 saturated carbocycles. The predicted octanol–water partition coefficient (Wildman–Crippen LogP) is 4.81. The maximum absolute atomic E-state index is 13.1. The summed E-state index contributed by atoms with van der Waals surface area (Å²) in [5.74, 6) is -0.339. The lowest BCUT2D eigenvalue weighted by atomic mass is 10.1. The second kappa shape index (κ2) is 6.38. The molecule has 128 valence electrons. The molecular formula is C20H13BrN2O3. The van der Waals surface area contributed by atoms with Gasteiger partial charge in [0.25, 0.3) is 0 Å². The van der Waals surface area contributed by atoms with Crippen LogP contribution in [0.3, 0.4) is 0 Å². The molecule has 4 rings (SSSR count). The number of rotatable bonds is 4. The van der Waals surface area contributed by atoms with Crippen LogP contribution in [0.1, 0.15) is 33.7 Å². The summed E-state index contributed by atoms with van der Waals surface area (Å²) in [6.45, 7) is 1.42. The molecule has 0 fully saturated rings. The van der Waals surface area contributed by atoms with Crippen LogP contribution >= 0.6 is 15.9 Å². The molecule has 0 saturated heterocycles. The second-order valence-corrected chi connectivity index (χ2v) is 6.76. The fraction of sp³-hybridized carbons (Fsp3) is 0.0500. The Balaban J connectivity index is 1.85. The Hall–Kier alpha value is -2.99. The summed E-state index contributed by atoms with van der Waals surface area (Å²) < 4.78 is 8.08. The van der Waals surface area contributed by atoms with Gasteiger partial charge in [0.15, 0.2) is 11.5 Å². The van der Waals surface area contributed by atoms with Gasteiger partial charge in [-0.2, -0.15) is 5.10 Å². The number of ketones is 2. The van der Waals surface area contributed by atoms with Gasteiger partial charge in [0.1, 0.15) is 17.0 Å². The van der Waals surface area contributed by atoms with Crippen LogP contribution in [0.2, 0.25) is 0 Å². The fourth-order valence-electron chi connectivity index (χ4n) is 2.73. The standard InChI is InChI=1S/C20H13BrN2O3/c1-12(24)16-11-17(23(22-16)15-5-3-2-4-6-15)20(25)19-10-13-9-14(21)7-8-18(13)26-19/h2-11H,1H3. The van der Waals surface area contributed by atoms with E-state index in [0.717, 1.165) is 9.86 Å². The molecule has 0 spiro atoms. The average Bonchev–Trinajstić information content (AvgIpc) is 3.26. The highest BCUT2D eigenvalue weighted by molar-refractivity contribution is 9.10. The Labute approximate surface area is 157 Å². The van der Waals surface area contributed by atoms with Crippen LogP contribution in [-0.2, 0) is 0 Å². The number of fused-ring (bicyclic) bond motifs is 1. The van der Waals surface area contributed by atoms with E-state index in [1.165, 1.54) is 17.7 Å². The van der Waals surface area contributed by atoms with E-state index in [2.05, 4.69) is 21.0 Å². The molecule has 0 atom stereocenters. The molecule has 0 aliphatic rings. The normalized spacial score (nSPS) is 11.0. The molecule has 2 heterocycles. The molecule has 0 bridgehead atoms. The molecule has 0 unspecified atom stereocenters. The third-order valence-electron chi connectivity index (χ3n) is 4.01. The van der Waals surface area contributed by atoms with E-state index in [9.17, 15) is 9.59 Å². The molecule has 0 aliphatic heterocycles. The molecule has 5 nitrogen and oxygen atoms in total. The fourth-order valence-corrected chi connectivity index (χ4v) is 3.11. The molecule has 26 heavy (non-hydrogen) atoms. The number of Topliss-reactive ketones (excluding diaryl/α,β-unsaturated/α-hetero) is 1. The van der Waals surface area contributed by atoms with Crippen molar-refractivity contribution in [1.29, 1.82) is 0 Å². The van der Waals surface area contributed by atoms with Crippen molar-refractivity contribution in [2.24, 2.45) is 0 Å². The van der Waals surface area contributed by atoms with Crippen LogP contribution in [0.5, 0.6) is 0 Å². The van der Waals surface area contributed by atoms with E-state index in [1.54, 1.807) is 12.1 Å². The number of halogens is 1. The highest BCUT2D eigenvalue weighted by atomic mass is 79.9. The molecule has 0 N–H and O–H groups in total. The van der Waals surface area contributed by atoms with Crippen molar-refractivity contribution in [1.82, 2.24) is 9.78 Å². The Morgan fingerprint density at radius 2 is 1.81 bits per heavy atom.